The molecule has 0 unspecified atom stereocenters. The Balaban J connectivity index is 2.23. The molecule has 16 heavy (non-hydrogen) atoms. The Hall–Kier alpha value is -0.280. The van der Waals surface area contributed by atoms with E-state index in [-0.39, 0.29) is 18.5 Å². The minimum Gasteiger partial charge on any atom is -0.345 e. The van der Waals surface area contributed by atoms with Crippen LogP contribution in [0.25, 0.3) is 0 Å². The van der Waals surface area contributed by atoms with Crippen molar-refractivity contribution < 1.29 is 9.47 Å². The molecule has 1 saturated heterocycles. The molecule has 0 aliphatic carbocycles. The van der Waals surface area contributed by atoms with Crippen LogP contribution in [-0.2, 0) is 9.47 Å². The van der Waals surface area contributed by atoms with Crippen LogP contribution in [0.3, 0.4) is 0 Å². The monoisotopic (exact) mass is 260 g/mol. The van der Waals surface area contributed by atoms with Gasteiger partial charge in [0.25, 0.3) is 0 Å². The fraction of sp³-hybridized carbons (Fsp3) is 0.500. The molecule has 2 nitrogen and oxygen atoms in total. The Morgan fingerprint density at radius 1 is 1.12 bits per heavy atom. The average molecular weight is 261 g/mol. The van der Waals surface area contributed by atoms with Crippen LogP contribution in [0.1, 0.15) is 32.1 Å². The van der Waals surface area contributed by atoms with E-state index in [1.54, 1.807) is 12.1 Å². The standard InChI is InChI=1S/C12H14Cl2O2/c1-7-5-8(2)16-12(15-7)10-4-3-9(13)6-11(10)14/h3-4,6-8,12H,5H2,1-2H3/t7-,8-/m1/s1. The van der Waals surface area contributed by atoms with Crippen molar-refractivity contribution in [2.45, 2.75) is 38.8 Å². The summed E-state index contributed by atoms with van der Waals surface area (Å²) in [5.74, 6) is 0. The summed E-state index contributed by atoms with van der Waals surface area (Å²) in [5.41, 5.74) is 0.837. The van der Waals surface area contributed by atoms with E-state index in [0.29, 0.717) is 10.0 Å². The predicted molar refractivity (Wildman–Crippen MR) is 64.9 cm³/mol. The lowest BCUT2D eigenvalue weighted by atomic mass is 10.1. The summed E-state index contributed by atoms with van der Waals surface area (Å²) in [4.78, 5) is 0. The van der Waals surface area contributed by atoms with Crippen LogP contribution in [0, 0.1) is 0 Å². The third kappa shape index (κ3) is 2.69. The molecule has 0 amide bonds. The number of rotatable bonds is 1. The first-order valence-corrected chi connectivity index (χ1v) is 6.07. The van der Waals surface area contributed by atoms with Crippen LogP contribution in [0.5, 0.6) is 0 Å². The van der Waals surface area contributed by atoms with E-state index in [1.807, 2.05) is 19.9 Å². The highest BCUT2D eigenvalue weighted by molar-refractivity contribution is 6.35. The van der Waals surface area contributed by atoms with Gasteiger partial charge in [-0.05, 0) is 32.4 Å². The Bertz CT molecular complexity index is 371. The summed E-state index contributed by atoms with van der Waals surface area (Å²) in [6.45, 7) is 4.08. The van der Waals surface area contributed by atoms with E-state index in [2.05, 4.69) is 0 Å². The van der Waals surface area contributed by atoms with Crippen LogP contribution < -0.4 is 0 Å². The largest absolute Gasteiger partial charge is 0.345 e. The molecule has 0 radical (unpaired) electrons. The maximum absolute atomic E-state index is 6.11. The van der Waals surface area contributed by atoms with Gasteiger partial charge < -0.3 is 9.47 Å². The van der Waals surface area contributed by atoms with Crippen molar-refractivity contribution in [2.75, 3.05) is 0 Å². The second-order valence-corrected chi connectivity index (χ2v) is 4.97. The molecule has 1 fully saturated rings. The first kappa shape index (κ1) is 12.2. The van der Waals surface area contributed by atoms with Gasteiger partial charge in [0.05, 0.1) is 17.2 Å². The molecule has 2 rings (SSSR count). The van der Waals surface area contributed by atoms with Crippen molar-refractivity contribution in [3.8, 4) is 0 Å². The maximum atomic E-state index is 6.11. The van der Waals surface area contributed by atoms with Crippen LogP contribution in [0.15, 0.2) is 18.2 Å². The number of ether oxygens (including phenoxy) is 2. The zero-order valence-corrected chi connectivity index (χ0v) is 10.8. The Morgan fingerprint density at radius 3 is 2.31 bits per heavy atom. The Kier molecular flexibility index (Phi) is 3.75. The van der Waals surface area contributed by atoms with Crippen molar-refractivity contribution in [3.05, 3.63) is 33.8 Å². The summed E-state index contributed by atoms with van der Waals surface area (Å²) in [6, 6.07) is 5.34. The second kappa shape index (κ2) is 4.92. The fourth-order valence-corrected chi connectivity index (χ4v) is 2.37. The summed E-state index contributed by atoms with van der Waals surface area (Å²) < 4.78 is 11.4. The molecule has 1 aromatic carbocycles. The highest BCUT2D eigenvalue weighted by Crippen LogP contribution is 2.34. The predicted octanol–water partition coefficient (Wildman–Crippen LogP) is 4.21. The van der Waals surface area contributed by atoms with Gasteiger partial charge in [0, 0.05) is 10.6 Å². The molecule has 0 saturated carbocycles. The molecule has 0 bridgehead atoms. The van der Waals surface area contributed by atoms with E-state index in [1.165, 1.54) is 0 Å². The van der Waals surface area contributed by atoms with Gasteiger partial charge in [-0.15, -0.1) is 0 Å². The third-order valence-electron chi connectivity index (χ3n) is 2.59. The molecule has 1 aliphatic rings. The first-order chi connectivity index (χ1) is 7.56. The van der Waals surface area contributed by atoms with Crippen molar-refractivity contribution in [2.24, 2.45) is 0 Å². The first-order valence-electron chi connectivity index (χ1n) is 5.32. The van der Waals surface area contributed by atoms with Crippen LogP contribution in [-0.4, -0.2) is 12.2 Å². The average Bonchev–Trinajstić information content (AvgIpc) is 2.15. The number of benzene rings is 1. The smallest absolute Gasteiger partial charge is 0.185 e. The quantitative estimate of drug-likeness (QED) is 0.754. The molecule has 1 aliphatic heterocycles. The summed E-state index contributed by atoms with van der Waals surface area (Å²) in [7, 11) is 0. The molecular formula is C12H14Cl2O2. The summed E-state index contributed by atoms with van der Waals surface area (Å²) in [6.07, 6.45) is 0.881. The van der Waals surface area contributed by atoms with Crippen LogP contribution in [0.4, 0.5) is 0 Å². The molecular weight excluding hydrogens is 247 g/mol. The second-order valence-electron chi connectivity index (χ2n) is 4.13. The molecule has 4 heteroatoms. The molecule has 2 atom stereocenters. The minimum absolute atomic E-state index is 0.181. The van der Waals surface area contributed by atoms with Gasteiger partial charge in [0.15, 0.2) is 6.29 Å². The van der Waals surface area contributed by atoms with Gasteiger partial charge in [-0.1, -0.05) is 29.3 Å². The van der Waals surface area contributed by atoms with Gasteiger partial charge in [-0.25, -0.2) is 0 Å². The van der Waals surface area contributed by atoms with Gasteiger partial charge in [0.1, 0.15) is 0 Å². The topological polar surface area (TPSA) is 18.5 Å². The van der Waals surface area contributed by atoms with Crippen molar-refractivity contribution in [1.29, 1.82) is 0 Å². The van der Waals surface area contributed by atoms with E-state index in [0.717, 1.165) is 12.0 Å². The number of hydrogen-bond donors (Lipinski definition) is 0. The lowest BCUT2D eigenvalue weighted by Crippen LogP contribution is -2.30. The van der Waals surface area contributed by atoms with Crippen LogP contribution >= 0.6 is 23.2 Å². The van der Waals surface area contributed by atoms with Crippen molar-refractivity contribution >= 4 is 23.2 Å². The van der Waals surface area contributed by atoms with E-state index in [4.69, 9.17) is 32.7 Å². The molecule has 0 N–H and O–H groups in total. The van der Waals surface area contributed by atoms with E-state index >= 15 is 0 Å². The Labute approximate surface area is 105 Å². The number of hydrogen-bond acceptors (Lipinski definition) is 2. The van der Waals surface area contributed by atoms with Gasteiger partial charge in [0.2, 0.25) is 0 Å². The lowest BCUT2D eigenvalue weighted by Gasteiger charge is -2.33. The van der Waals surface area contributed by atoms with Crippen LogP contribution in [0.2, 0.25) is 10.0 Å². The van der Waals surface area contributed by atoms with E-state index < -0.39 is 0 Å². The molecule has 1 heterocycles. The zero-order valence-electron chi connectivity index (χ0n) is 9.24. The van der Waals surface area contributed by atoms with Gasteiger partial charge in [-0.3, -0.25) is 0 Å². The van der Waals surface area contributed by atoms with E-state index in [9.17, 15) is 0 Å². The zero-order chi connectivity index (χ0) is 11.7. The molecule has 1 aromatic rings. The summed E-state index contributed by atoms with van der Waals surface area (Å²) in [5, 5.41) is 1.20. The lowest BCUT2D eigenvalue weighted by molar-refractivity contribution is -0.239. The van der Waals surface area contributed by atoms with Crippen molar-refractivity contribution in [3.63, 3.8) is 0 Å². The maximum Gasteiger partial charge on any atom is 0.185 e. The fourth-order valence-electron chi connectivity index (χ4n) is 1.87. The highest BCUT2D eigenvalue weighted by Gasteiger charge is 2.27. The normalized spacial score (nSPS) is 30.4. The van der Waals surface area contributed by atoms with Gasteiger partial charge in [-0.2, -0.15) is 0 Å². The molecule has 0 aromatic heterocycles. The minimum atomic E-state index is -0.386. The van der Waals surface area contributed by atoms with Gasteiger partial charge >= 0.3 is 0 Å². The highest BCUT2D eigenvalue weighted by atomic mass is 35.5. The number of halogens is 2. The molecule has 88 valence electrons. The van der Waals surface area contributed by atoms with Crippen molar-refractivity contribution in [1.82, 2.24) is 0 Å². The third-order valence-corrected chi connectivity index (χ3v) is 3.15. The summed E-state index contributed by atoms with van der Waals surface area (Å²) >= 11 is 12.0. The molecule has 0 spiro atoms. The Morgan fingerprint density at radius 2 is 1.75 bits per heavy atom. The SMILES string of the molecule is C[C@@H]1C[C@@H](C)OC(c2ccc(Cl)cc2Cl)O1.